The number of halogens is 3. The number of rotatable bonds is 7. The highest BCUT2D eigenvalue weighted by molar-refractivity contribution is 5.85. The van der Waals surface area contributed by atoms with Gasteiger partial charge in [0.2, 0.25) is 0 Å². The standard InChI is InChI=1S/C30H38F3N7O2.C2H6/c1-18-11-23-20(13-35-38-23)25(26(18)30(31,32)33)24-12-22-21(15-41-24)27(40-10-7-34-19(2)14-40)37-28(36-22)42-17-29(5-6-29)16-39-8-3-4-9-39;1-2/h11,13,19,24,34H,3-10,12,14-17H2,1-2H3,(H,35,38);1-2H3. The Kier molecular flexibility index (Phi) is 8.78. The highest BCUT2D eigenvalue weighted by atomic mass is 19.4. The molecule has 2 saturated heterocycles. The number of hydrogen-bond donors (Lipinski definition) is 2. The molecule has 1 aliphatic carbocycles. The second-order valence-corrected chi connectivity index (χ2v) is 12.6. The molecule has 5 heterocycles. The maximum Gasteiger partial charge on any atom is 0.417 e. The van der Waals surface area contributed by atoms with Crippen LogP contribution < -0.4 is 15.0 Å². The molecule has 9 nitrogen and oxygen atoms in total. The molecule has 7 rings (SSSR count). The van der Waals surface area contributed by atoms with Gasteiger partial charge in [0.25, 0.3) is 0 Å². The number of alkyl halides is 3. The van der Waals surface area contributed by atoms with Crippen molar-refractivity contribution < 1.29 is 22.6 Å². The number of ether oxygens (including phenoxy) is 2. The van der Waals surface area contributed by atoms with Crippen LogP contribution in [-0.4, -0.2) is 77.0 Å². The number of aromatic nitrogens is 4. The summed E-state index contributed by atoms with van der Waals surface area (Å²) in [5.41, 5.74) is 1.79. The quantitative estimate of drug-likeness (QED) is 0.357. The van der Waals surface area contributed by atoms with Crippen molar-refractivity contribution in [3.63, 3.8) is 0 Å². The Bertz CT molecular complexity index is 1470. The molecule has 3 fully saturated rings. The van der Waals surface area contributed by atoms with Crippen LogP contribution in [0.2, 0.25) is 0 Å². The maximum atomic E-state index is 14.4. The van der Waals surface area contributed by atoms with Crippen molar-refractivity contribution in [3.8, 4) is 6.01 Å². The minimum Gasteiger partial charge on any atom is -0.463 e. The van der Waals surface area contributed by atoms with E-state index in [1.807, 2.05) is 13.8 Å². The zero-order valence-electron chi connectivity index (χ0n) is 26.2. The zero-order chi connectivity index (χ0) is 31.1. The van der Waals surface area contributed by atoms with Gasteiger partial charge in [0.05, 0.1) is 42.3 Å². The van der Waals surface area contributed by atoms with Crippen LogP contribution in [0.5, 0.6) is 6.01 Å². The van der Waals surface area contributed by atoms with Gasteiger partial charge >= 0.3 is 12.2 Å². The normalized spacial score (nSPS) is 23.3. The van der Waals surface area contributed by atoms with Gasteiger partial charge in [-0.2, -0.15) is 28.2 Å². The van der Waals surface area contributed by atoms with Crippen LogP contribution in [0.4, 0.5) is 19.0 Å². The molecular formula is C32H44F3N7O2. The molecule has 2 unspecified atom stereocenters. The zero-order valence-corrected chi connectivity index (χ0v) is 26.2. The third-order valence-corrected chi connectivity index (χ3v) is 9.34. The molecule has 0 radical (unpaired) electrons. The molecule has 2 N–H and O–H groups in total. The topological polar surface area (TPSA) is 91.4 Å². The fourth-order valence-electron chi connectivity index (χ4n) is 6.99. The van der Waals surface area contributed by atoms with Crippen molar-refractivity contribution >= 4 is 16.7 Å². The summed E-state index contributed by atoms with van der Waals surface area (Å²) in [5, 5.41) is 10.8. The highest BCUT2D eigenvalue weighted by Crippen LogP contribution is 2.48. The van der Waals surface area contributed by atoms with E-state index in [2.05, 4.69) is 32.2 Å². The fraction of sp³-hybridized carbons (Fsp3) is 0.656. The van der Waals surface area contributed by atoms with E-state index in [1.165, 1.54) is 32.0 Å². The van der Waals surface area contributed by atoms with Crippen molar-refractivity contribution in [1.82, 2.24) is 30.4 Å². The Balaban J connectivity index is 0.00000168. The van der Waals surface area contributed by atoms with Gasteiger partial charge in [-0.1, -0.05) is 13.8 Å². The lowest BCUT2D eigenvalue weighted by Gasteiger charge is -2.36. The molecule has 2 aromatic heterocycles. The Morgan fingerprint density at radius 1 is 1.14 bits per heavy atom. The summed E-state index contributed by atoms with van der Waals surface area (Å²) in [6, 6.07) is 2.08. The third-order valence-electron chi connectivity index (χ3n) is 9.34. The van der Waals surface area contributed by atoms with E-state index in [9.17, 15) is 13.2 Å². The monoisotopic (exact) mass is 615 g/mol. The summed E-state index contributed by atoms with van der Waals surface area (Å²) < 4.78 is 55.8. The number of hydrogen-bond acceptors (Lipinski definition) is 8. The minimum absolute atomic E-state index is 0.109. The average Bonchev–Trinajstić information content (AvgIpc) is 3.33. The van der Waals surface area contributed by atoms with Crippen molar-refractivity contribution in [1.29, 1.82) is 0 Å². The Morgan fingerprint density at radius 2 is 1.91 bits per heavy atom. The number of aryl methyl sites for hydroxylation is 1. The molecule has 2 atom stereocenters. The second-order valence-electron chi connectivity index (χ2n) is 12.6. The lowest BCUT2D eigenvalue weighted by Crippen LogP contribution is -2.50. The Labute approximate surface area is 256 Å². The number of aromatic amines is 1. The molecule has 4 aliphatic rings. The van der Waals surface area contributed by atoms with Crippen molar-refractivity contribution in [2.45, 2.75) is 84.7 Å². The van der Waals surface area contributed by atoms with Gasteiger partial charge in [-0.3, -0.25) is 5.10 Å². The first-order valence-corrected chi connectivity index (χ1v) is 16.1. The van der Waals surface area contributed by atoms with Gasteiger partial charge in [-0.05, 0) is 64.3 Å². The molecule has 0 amide bonds. The van der Waals surface area contributed by atoms with E-state index in [0.717, 1.165) is 63.5 Å². The van der Waals surface area contributed by atoms with Gasteiger partial charge in [0.1, 0.15) is 5.82 Å². The number of H-pyrrole nitrogens is 1. The number of anilines is 1. The SMILES string of the molecule is CC.Cc1cc2[nH]ncc2c(C2Cc3nc(OCC4(CN5CCCC5)CC4)nc(N4CCNC(C)C4)c3CO2)c1C(F)(F)F. The predicted octanol–water partition coefficient (Wildman–Crippen LogP) is 5.57. The summed E-state index contributed by atoms with van der Waals surface area (Å²) in [4.78, 5) is 14.5. The number of nitrogens with one attached hydrogen (secondary N) is 2. The van der Waals surface area contributed by atoms with Crippen LogP contribution in [-0.2, 0) is 23.9 Å². The first kappa shape index (κ1) is 31.0. The van der Waals surface area contributed by atoms with Crippen molar-refractivity contribution in [2.75, 3.05) is 50.8 Å². The summed E-state index contributed by atoms with van der Waals surface area (Å²) >= 11 is 0. The number of nitrogens with zero attached hydrogens (tertiary/aromatic N) is 5. The van der Waals surface area contributed by atoms with Gasteiger partial charge in [0.15, 0.2) is 0 Å². The molecule has 1 aromatic carbocycles. The second kappa shape index (κ2) is 12.4. The van der Waals surface area contributed by atoms with Crippen molar-refractivity contribution in [3.05, 3.63) is 40.2 Å². The van der Waals surface area contributed by atoms with Gasteiger partial charge < -0.3 is 24.6 Å². The van der Waals surface area contributed by atoms with E-state index in [0.29, 0.717) is 29.2 Å². The van der Waals surface area contributed by atoms with Crippen LogP contribution >= 0.6 is 0 Å². The fourth-order valence-corrected chi connectivity index (χ4v) is 6.99. The van der Waals surface area contributed by atoms with Crippen molar-refractivity contribution in [2.24, 2.45) is 5.41 Å². The summed E-state index contributed by atoms with van der Waals surface area (Å²) in [6.07, 6.45) is 1.03. The number of likely N-dealkylation sites (tertiary alicyclic amines) is 1. The van der Waals surface area contributed by atoms with Crippen LogP contribution in [0.3, 0.4) is 0 Å². The first-order valence-electron chi connectivity index (χ1n) is 16.1. The van der Waals surface area contributed by atoms with Crippen LogP contribution in [0.15, 0.2) is 12.3 Å². The van der Waals surface area contributed by atoms with Crippen LogP contribution in [0.25, 0.3) is 10.9 Å². The molecule has 0 spiro atoms. The largest absolute Gasteiger partial charge is 0.463 e. The smallest absolute Gasteiger partial charge is 0.417 e. The van der Waals surface area contributed by atoms with E-state index in [1.54, 1.807) is 0 Å². The van der Waals surface area contributed by atoms with E-state index >= 15 is 0 Å². The molecule has 12 heteroatoms. The van der Waals surface area contributed by atoms with E-state index < -0.39 is 17.8 Å². The Hall–Kier alpha value is -2.96. The lowest BCUT2D eigenvalue weighted by atomic mass is 9.90. The Morgan fingerprint density at radius 3 is 2.61 bits per heavy atom. The molecule has 1 saturated carbocycles. The average molecular weight is 616 g/mol. The summed E-state index contributed by atoms with van der Waals surface area (Å²) in [6.45, 7) is 13.9. The maximum absolute atomic E-state index is 14.4. The molecule has 0 bridgehead atoms. The molecule has 3 aromatic rings. The molecule has 3 aliphatic heterocycles. The van der Waals surface area contributed by atoms with E-state index in [-0.39, 0.29) is 35.6 Å². The minimum atomic E-state index is -4.54. The lowest BCUT2D eigenvalue weighted by molar-refractivity contribution is -0.140. The number of benzene rings is 1. The molecular weight excluding hydrogens is 571 g/mol. The molecule has 240 valence electrons. The van der Waals surface area contributed by atoms with Gasteiger partial charge in [-0.25, -0.2) is 0 Å². The predicted molar refractivity (Wildman–Crippen MR) is 163 cm³/mol. The summed E-state index contributed by atoms with van der Waals surface area (Å²) in [7, 11) is 0. The number of piperazine rings is 1. The van der Waals surface area contributed by atoms with Crippen LogP contribution in [0.1, 0.15) is 80.5 Å². The van der Waals surface area contributed by atoms with E-state index in [4.69, 9.17) is 19.4 Å². The number of fused-ring (bicyclic) bond motifs is 2. The first-order chi connectivity index (χ1) is 21.2. The summed E-state index contributed by atoms with van der Waals surface area (Å²) in [5.74, 6) is 0.764. The van der Waals surface area contributed by atoms with Gasteiger partial charge in [-0.15, -0.1) is 0 Å². The molecule has 44 heavy (non-hydrogen) atoms. The van der Waals surface area contributed by atoms with Crippen LogP contribution in [0, 0.1) is 12.3 Å². The highest BCUT2D eigenvalue weighted by Gasteiger charge is 2.46. The van der Waals surface area contributed by atoms with Gasteiger partial charge in [0, 0.05) is 60.6 Å². The third kappa shape index (κ3) is 6.25.